The minimum Gasteiger partial charge on any atom is -0.363 e. The lowest BCUT2D eigenvalue weighted by molar-refractivity contribution is -0.384. The molecule has 9 heteroatoms. The lowest BCUT2D eigenvalue weighted by Crippen LogP contribution is -2.14. The number of nitrogens with one attached hydrogen (secondary N) is 1. The van der Waals surface area contributed by atoms with Gasteiger partial charge in [0.15, 0.2) is 0 Å². The molecule has 7 nitrogen and oxygen atoms in total. The highest BCUT2D eigenvalue weighted by Gasteiger charge is 2.19. The molecule has 2 aromatic rings. The molecule has 0 bridgehead atoms. The molecular weight excluding hydrogens is 327 g/mol. The van der Waals surface area contributed by atoms with E-state index < -0.39 is 26.8 Å². The lowest BCUT2D eigenvalue weighted by atomic mass is 10.1. The lowest BCUT2D eigenvalue weighted by Gasteiger charge is -2.08. The Morgan fingerprint density at radius 3 is 2.22 bits per heavy atom. The molecule has 0 fully saturated rings. The molecule has 0 saturated heterocycles. The maximum absolute atomic E-state index is 12.8. The van der Waals surface area contributed by atoms with Crippen molar-refractivity contribution < 1.29 is 21.9 Å². The van der Waals surface area contributed by atoms with Crippen LogP contribution in [0.1, 0.15) is 5.56 Å². The van der Waals surface area contributed by atoms with Crippen molar-refractivity contribution in [3.63, 3.8) is 0 Å². The monoisotopic (exact) mass is 338 g/mol. The van der Waals surface area contributed by atoms with Crippen LogP contribution in [0.25, 0.3) is 0 Å². The standard InChI is InChI=1S/C14H11FN2O5S/c15-11-3-1-10(2-4-11)9-14(16)22-23(20,21)13-7-5-12(6-8-13)17(18)19/h1-8,16H,9H2. The van der Waals surface area contributed by atoms with Crippen LogP contribution in [-0.4, -0.2) is 19.2 Å². The van der Waals surface area contributed by atoms with Crippen LogP contribution in [0.4, 0.5) is 10.1 Å². The van der Waals surface area contributed by atoms with Crippen molar-refractivity contribution in [3.8, 4) is 0 Å². The van der Waals surface area contributed by atoms with E-state index in [-0.39, 0.29) is 17.0 Å². The van der Waals surface area contributed by atoms with Crippen molar-refractivity contribution in [2.45, 2.75) is 11.3 Å². The van der Waals surface area contributed by atoms with Gasteiger partial charge in [-0.3, -0.25) is 15.5 Å². The predicted molar refractivity (Wildman–Crippen MR) is 79.2 cm³/mol. The Morgan fingerprint density at radius 2 is 1.70 bits per heavy atom. The van der Waals surface area contributed by atoms with Gasteiger partial charge < -0.3 is 4.18 Å². The number of halogens is 1. The molecule has 0 atom stereocenters. The summed E-state index contributed by atoms with van der Waals surface area (Å²) in [5, 5.41) is 18.1. The van der Waals surface area contributed by atoms with Gasteiger partial charge in [-0.15, -0.1) is 0 Å². The van der Waals surface area contributed by atoms with Crippen LogP contribution in [0.15, 0.2) is 53.4 Å². The molecular formula is C14H11FN2O5S. The van der Waals surface area contributed by atoms with E-state index in [1.165, 1.54) is 24.3 Å². The van der Waals surface area contributed by atoms with E-state index in [1.807, 2.05) is 0 Å². The molecule has 23 heavy (non-hydrogen) atoms. The summed E-state index contributed by atoms with van der Waals surface area (Å²) < 4.78 is 41.4. The molecule has 2 rings (SSSR count). The van der Waals surface area contributed by atoms with Crippen molar-refractivity contribution in [2.75, 3.05) is 0 Å². The average Bonchev–Trinajstić information content (AvgIpc) is 2.49. The quantitative estimate of drug-likeness (QED) is 0.296. The summed E-state index contributed by atoms with van der Waals surface area (Å²) >= 11 is 0. The zero-order valence-electron chi connectivity index (χ0n) is 11.6. The molecule has 0 unspecified atom stereocenters. The Morgan fingerprint density at radius 1 is 1.13 bits per heavy atom. The van der Waals surface area contributed by atoms with Crippen molar-refractivity contribution in [1.29, 1.82) is 5.41 Å². The first-order chi connectivity index (χ1) is 10.8. The zero-order chi connectivity index (χ0) is 17.0. The molecule has 0 aliphatic carbocycles. The Hall–Kier alpha value is -2.81. The summed E-state index contributed by atoms with van der Waals surface area (Å²) in [5.74, 6) is -0.991. The average molecular weight is 338 g/mol. The van der Waals surface area contributed by atoms with Crippen LogP contribution in [0.3, 0.4) is 0 Å². The molecule has 0 aliphatic heterocycles. The molecule has 0 radical (unpaired) electrons. The summed E-state index contributed by atoms with van der Waals surface area (Å²) in [6, 6.07) is 9.30. The summed E-state index contributed by atoms with van der Waals surface area (Å²) in [6.45, 7) is 0. The molecule has 1 N–H and O–H groups in total. The second-order valence-electron chi connectivity index (χ2n) is 4.51. The van der Waals surface area contributed by atoms with Gasteiger partial charge in [0.2, 0.25) is 5.90 Å². The molecule has 0 saturated carbocycles. The van der Waals surface area contributed by atoms with E-state index in [0.29, 0.717) is 5.56 Å². The highest BCUT2D eigenvalue weighted by molar-refractivity contribution is 7.87. The molecule has 0 aromatic heterocycles. The van der Waals surface area contributed by atoms with Crippen molar-refractivity contribution in [1.82, 2.24) is 0 Å². The second kappa shape index (κ2) is 6.53. The van der Waals surface area contributed by atoms with Crippen LogP contribution in [0, 0.1) is 21.3 Å². The Kier molecular flexibility index (Phi) is 4.70. The molecule has 0 amide bonds. The number of nitro groups is 1. The molecule has 2 aromatic carbocycles. The van der Waals surface area contributed by atoms with E-state index in [4.69, 9.17) is 5.41 Å². The maximum atomic E-state index is 12.8. The Bertz CT molecular complexity index is 832. The number of nitrogens with zero attached hydrogens (tertiary/aromatic N) is 1. The summed E-state index contributed by atoms with van der Waals surface area (Å²) in [6.07, 6.45) is -0.132. The fraction of sp³-hybridized carbons (Fsp3) is 0.0714. The van der Waals surface area contributed by atoms with E-state index in [2.05, 4.69) is 4.18 Å². The zero-order valence-corrected chi connectivity index (χ0v) is 12.4. The highest BCUT2D eigenvalue weighted by Crippen LogP contribution is 2.18. The number of rotatable bonds is 5. The van der Waals surface area contributed by atoms with Gasteiger partial charge in [-0.2, -0.15) is 8.42 Å². The third-order valence-electron chi connectivity index (χ3n) is 2.82. The van der Waals surface area contributed by atoms with Gasteiger partial charge in [-0.25, -0.2) is 4.39 Å². The van der Waals surface area contributed by atoms with E-state index >= 15 is 0 Å². The Labute approximate surface area is 131 Å². The van der Waals surface area contributed by atoms with Crippen molar-refractivity contribution in [2.24, 2.45) is 0 Å². The van der Waals surface area contributed by atoms with E-state index in [1.54, 1.807) is 0 Å². The fourth-order valence-electron chi connectivity index (χ4n) is 1.73. The molecule has 0 heterocycles. The third kappa shape index (κ3) is 4.33. The van der Waals surface area contributed by atoms with Crippen LogP contribution in [0.5, 0.6) is 0 Å². The highest BCUT2D eigenvalue weighted by atomic mass is 32.2. The van der Waals surface area contributed by atoms with Gasteiger partial charge in [0.25, 0.3) is 5.69 Å². The van der Waals surface area contributed by atoms with Gasteiger partial charge >= 0.3 is 10.1 Å². The summed E-state index contributed by atoms with van der Waals surface area (Å²) in [5.41, 5.74) is 0.251. The van der Waals surface area contributed by atoms with Crippen LogP contribution in [-0.2, 0) is 20.7 Å². The summed E-state index contributed by atoms with van der Waals surface area (Å²) in [4.78, 5) is 9.57. The number of benzene rings is 2. The van der Waals surface area contributed by atoms with Gasteiger partial charge in [-0.1, -0.05) is 12.1 Å². The van der Waals surface area contributed by atoms with Crippen LogP contribution < -0.4 is 0 Å². The summed E-state index contributed by atoms with van der Waals surface area (Å²) in [7, 11) is -4.25. The van der Waals surface area contributed by atoms with Gasteiger partial charge in [-0.05, 0) is 29.8 Å². The maximum Gasteiger partial charge on any atom is 0.340 e. The van der Waals surface area contributed by atoms with Crippen molar-refractivity contribution in [3.05, 3.63) is 70.0 Å². The first-order valence-corrected chi connectivity index (χ1v) is 7.69. The molecule has 0 spiro atoms. The Balaban J connectivity index is 2.09. The van der Waals surface area contributed by atoms with Gasteiger partial charge in [0, 0.05) is 18.6 Å². The topological polar surface area (TPSA) is 110 Å². The normalized spacial score (nSPS) is 11.0. The van der Waals surface area contributed by atoms with Gasteiger partial charge in [0.05, 0.1) is 4.92 Å². The van der Waals surface area contributed by atoms with Crippen LogP contribution in [0.2, 0.25) is 0 Å². The van der Waals surface area contributed by atoms with Gasteiger partial charge in [0.1, 0.15) is 10.7 Å². The largest absolute Gasteiger partial charge is 0.363 e. The van der Waals surface area contributed by atoms with E-state index in [0.717, 1.165) is 24.3 Å². The number of nitro benzene ring substituents is 1. The van der Waals surface area contributed by atoms with Crippen molar-refractivity contribution >= 4 is 21.7 Å². The first kappa shape index (κ1) is 16.6. The number of non-ortho nitro benzene ring substituents is 1. The number of hydrogen-bond acceptors (Lipinski definition) is 6. The van der Waals surface area contributed by atoms with Crippen LogP contribution >= 0.6 is 0 Å². The number of hydrogen-bond donors (Lipinski definition) is 1. The minimum absolute atomic E-state index is 0.132. The predicted octanol–water partition coefficient (Wildman–Crippen LogP) is 2.66. The first-order valence-electron chi connectivity index (χ1n) is 6.29. The SMILES string of the molecule is N=C(Cc1ccc(F)cc1)OS(=O)(=O)c1ccc([N+](=O)[O-])cc1. The smallest absolute Gasteiger partial charge is 0.340 e. The molecule has 120 valence electrons. The second-order valence-corrected chi connectivity index (χ2v) is 6.06. The fourth-order valence-corrected chi connectivity index (χ4v) is 2.62. The molecule has 0 aliphatic rings. The third-order valence-corrected chi connectivity index (χ3v) is 4.09. The van der Waals surface area contributed by atoms with E-state index in [9.17, 15) is 22.9 Å². The minimum atomic E-state index is -4.25.